The number of nitrogens with one attached hydrogen (secondary N) is 2. The number of esters is 1. The first-order chi connectivity index (χ1) is 21.2. The van der Waals surface area contributed by atoms with Crippen LogP contribution in [0.2, 0.25) is 0 Å². The number of nitrogens with two attached hydrogens (primary N) is 1. The van der Waals surface area contributed by atoms with E-state index < -0.39 is 29.9 Å². The minimum atomic E-state index is -0.821. The summed E-state index contributed by atoms with van der Waals surface area (Å²) in [6.45, 7) is 4.05. The van der Waals surface area contributed by atoms with Crippen molar-refractivity contribution in [3.63, 3.8) is 0 Å². The van der Waals surface area contributed by atoms with Crippen LogP contribution in [0.4, 0.5) is 4.79 Å². The van der Waals surface area contributed by atoms with Gasteiger partial charge in [0.2, 0.25) is 5.91 Å². The third kappa shape index (κ3) is 8.32. The molecule has 5 N–H and O–H groups in total. The van der Waals surface area contributed by atoms with Crippen molar-refractivity contribution in [2.45, 2.75) is 58.1 Å². The van der Waals surface area contributed by atoms with Crippen LogP contribution in [0.25, 0.3) is 11.1 Å². The van der Waals surface area contributed by atoms with Gasteiger partial charge in [-0.15, -0.1) is 0 Å². The summed E-state index contributed by atoms with van der Waals surface area (Å²) in [6.07, 6.45) is 0.669. The molecule has 0 heterocycles. The van der Waals surface area contributed by atoms with Crippen LogP contribution in [0, 0.1) is 11.8 Å². The van der Waals surface area contributed by atoms with Gasteiger partial charge in [0.15, 0.2) is 5.78 Å². The van der Waals surface area contributed by atoms with Crippen LogP contribution in [-0.4, -0.2) is 48.0 Å². The number of ether oxygens (including phenoxy) is 1. The van der Waals surface area contributed by atoms with Gasteiger partial charge in [0.25, 0.3) is 0 Å². The second-order valence-corrected chi connectivity index (χ2v) is 11.6. The number of aliphatic hydroxyl groups excluding tert-OH is 1. The maximum absolute atomic E-state index is 13.5. The summed E-state index contributed by atoms with van der Waals surface area (Å²) in [6, 6.07) is 21.7. The maximum Gasteiger partial charge on any atom is 0.312 e. The molecule has 0 bridgehead atoms. The van der Waals surface area contributed by atoms with Gasteiger partial charge in [0.05, 0.1) is 25.0 Å². The third-order valence-electron chi connectivity index (χ3n) is 8.16. The Hall–Kier alpha value is -4.50. The molecule has 3 amide bonds. The van der Waals surface area contributed by atoms with E-state index in [1.54, 1.807) is 24.3 Å². The van der Waals surface area contributed by atoms with Gasteiger partial charge in [0, 0.05) is 18.9 Å². The molecular weight excluding hydrogens is 558 g/mol. The van der Waals surface area contributed by atoms with Crippen molar-refractivity contribution in [2.24, 2.45) is 17.6 Å². The zero-order valence-electron chi connectivity index (χ0n) is 25.3. The number of urea groups is 1. The number of fused-ring (bicyclic) bond motifs is 3. The van der Waals surface area contributed by atoms with Gasteiger partial charge in [-0.3, -0.25) is 14.4 Å². The Morgan fingerprint density at radius 1 is 0.886 bits per heavy atom. The fourth-order valence-electron chi connectivity index (χ4n) is 5.68. The predicted molar refractivity (Wildman–Crippen MR) is 167 cm³/mol. The lowest BCUT2D eigenvalue weighted by Crippen LogP contribution is -2.46. The van der Waals surface area contributed by atoms with E-state index in [2.05, 4.69) is 34.9 Å². The van der Waals surface area contributed by atoms with Gasteiger partial charge >= 0.3 is 12.0 Å². The number of primary amides is 1. The first-order valence-electron chi connectivity index (χ1n) is 15.1. The largest absolute Gasteiger partial charge is 0.465 e. The lowest BCUT2D eigenvalue weighted by molar-refractivity contribution is -0.148. The summed E-state index contributed by atoms with van der Waals surface area (Å²) in [5.41, 5.74) is 11.1. The van der Waals surface area contributed by atoms with Gasteiger partial charge in [0.1, 0.15) is 6.61 Å². The van der Waals surface area contributed by atoms with Crippen molar-refractivity contribution in [3.8, 4) is 11.1 Å². The summed E-state index contributed by atoms with van der Waals surface area (Å²) < 4.78 is 5.77. The van der Waals surface area contributed by atoms with Crippen molar-refractivity contribution >= 4 is 23.7 Å². The van der Waals surface area contributed by atoms with Crippen molar-refractivity contribution in [2.75, 3.05) is 13.2 Å². The minimum Gasteiger partial charge on any atom is -0.465 e. The molecule has 0 radical (unpaired) electrons. The molecule has 3 aromatic carbocycles. The topological polar surface area (TPSA) is 148 Å². The molecular formula is C35H41N3O6. The third-order valence-corrected chi connectivity index (χ3v) is 8.16. The highest BCUT2D eigenvalue weighted by Crippen LogP contribution is 2.44. The van der Waals surface area contributed by atoms with E-state index in [1.165, 1.54) is 0 Å². The number of hydrogen-bond donors (Lipinski definition) is 4. The molecule has 4 rings (SSSR count). The molecule has 0 spiro atoms. The molecule has 1 aliphatic rings. The lowest BCUT2D eigenvalue weighted by Gasteiger charge is -2.24. The second-order valence-electron chi connectivity index (χ2n) is 11.6. The maximum atomic E-state index is 13.5. The molecule has 9 nitrogen and oxygen atoms in total. The fourth-order valence-corrected chi connectivity index (χ4v) is 5.68. The van der Waals surface area contributed by atoms with Crippen LogP contribution in [0.3, 0.4) is 0 Å². The SMILES string of the molecule is CC(C)[C@H](CC(=O)OCC1c2ccccc2-c2ccccc21)C(=O)N[C@H](CCCNC(N)=O)C(=O)Cc1ccc(CO)cc1. The van der Waals surface area contributed by atoms with Crippen LogP contribution in [0.1, 0.15) is 61.3 Å². The smallest absolute Gasteiger partial charge is 0.312 e. The van der Waals surface area contributed by atoms with Crippen LogP contribution >= 0.6 is 0 Å². The van der Waals surface area contributed by atoms with E-state index in [0.29, 0.717) is 6.42 Å². The quantitative estimate of drug-likeness (QED) is 0.152. The molecule has 0 saturated carbocycles. The Labute approximate surface area is 258 Å². The Kier molecular flexibility index (Phi) is 11.3. The van der Waals surface area contributed by atoms with E-state index in [0.717, 1.165) is 33.4 Å². The average molecular weight is 600 g/mol. The number of aliphatic hydroxyl groups is 1. The Balaban J connectivity index is 1.40. The van der Waals surface area contributed by atoms with Gasteiger partial charge in [-0.25, -0.2) is 4.79 Å². The highest BCUT2D eigenvalue weighted by molar-refractivity contribution is 5.92. The molecule has 44 heavy (non-hydrogen) atoms. The second kappa shape index (κ2) is 15.3. The number of ketones is 1. The molecule has 1 aliphatic carbocycles. The zero-order valence-corrected chi connectivity index (χ0v) is 25.3. The summed E-state index contributed by atoms with van der Waals surface area (Å²) in [5, 5.41) is 14.7. The Bertz CT molecular complexity index is 1420. The Morgan fingerprint density at radius 3 is 2.05 bits per heavy atom. The van der Waals surface area contributed by atoms with Crippen molar-refractivity contribution in [3.05, 3.63) is 95.1 Å². The number of carbonyl (C=O) groups is 4. The first-order valence-corrected chi connectivity index (χ1v) is 15.1. The predicted octanol–water partition coefficient (Wildman–Crippen LogP) is 4.24. The first kappa shape index (κ1) is 32.4. The normalized spacial score (nSPS) is 13.5. The van der Waals surface area contributed by atoms with Crippen molar-refractivity contribution in [1.82, 2.24) is 10.6 Å². The van der Waals surface area contributed by atoms with Gasteiger partial charge in [-0.1, -0.05) is 86.6 Å². The minimum absolute atomic E-state index is 0.0820. The van der Waals surface area contributed by atoms with Crippen molar-refractivity contribution < 1.29 is 29.0 Å². The highest BCUT2D eigenvalue weighted by atomic mass is 16.5. The fraction of sp³-hybridized carbons (Fsp3) is 0.371. The summed E-state index contributed by atoms with van der Waals surface area (Å²) >= 11 is 0. The molecule has 2 atom stereocenters. The van der Waals surface area contributed by atoms with E-state index in [-0.39, 0.29) is 56.6 Å². The zero-order chi connectivity index (χ0) is 31.6. The molecule has 0 fully saturated rings. The van der Waals surface area contributed by atoms with Gasteiger partial charge < -0.3 is 26.2 Å². The van der Waals surface area contributed by atoms with Crippen LogP contribution in [0.5, 0.6) is 0 Å². The Morgan fingerprint density at radius 2 is 1.48 bits per heavy atom. The molecule has 0 saturated heterocycles. The lowest BCUT2D eigenvalue weighted by atomic mass is 9.90. The number of amides is 3. The molecule has 9 heteroatoms. The number of Topliss-reactive ketones (excluding diaryl/α,β-unsaturated/α-hetero) is 1. The van der Waals surface area contributed by atoms with Gasteiger partial charge in [-0.05, 0) is 52.1 Å². The molecule has 0 aromatic heterocycles. The summed E-state index contributed by atoms with van der Waals surface area (Å²) in [4.78, 5) is 51.0. The molecule has 3 aromatic rings. The summed E-state index contributed by atoms with van der Waals surface area (Å²) in [7, 11) is 0. The van der Waals surface area contributed by atoms with Crippen LogP contribution < -0.4 is 16.4 Å². The summed E-state index contributed by atoms with van der Waals surface area (Å²) in [5.74, 6) is -2.04. The number of benzene rings is 3. The highest BCUT2D eigenvalue weighted by Gasteiger charge is 2.32. The van der Waals surface area contributed by atoms with Crippen LogP contribution in [-0.2, 0) is 32.1 Å². The van der Waals surface area contributed by atoms with E-state index in [4.69, 9.17) is 10.5 Å². The average Bonchev–Trinajstić information content (AvgIpc) is 3.33. The number of hydrogen-bond acceptors (Lipinski definition) is 6. The molecule has 0 aliphatic heterocycles. The van der Waals surface area contributed by atoms with E-state index in [9.17, 15) is 24.3 Å². The van der Waals surface area contributed by atoms with E-state index in [1.807, 2.05) is 38.1 Å². The molecule has 232 valence electrons. The standard InChI is InChI=1S/C35H41N3O6/c1-22(2)29(19-33(41)44-21-30-27-10-5-3-8-25(27)26-9-4-6-11-28(26)30)34(42)38-31(12-7-17-37-35(36)43)32(40)18-23-13-15-24(20-39)16-14-23/h3-6,8-11,13-16,22,29-31,39H,7,12,17-21H2,1-2H3,(H,38,42)(H3,36,37,43)/t29-,31+/m0/s1. The van der Waals surface area contributed by atoms with Crippen molar-refractivity contribution in [1.29, 1.82) is 0 Å². The monoisotopic (exact) mass is 599 g/mol. The van der Waals surface area contributed by atoms with Gasteiger partial charge in [-0.2, -0.15) is 0 Å². The number of rotatable bonds is 15. The number of carbonyl (C=O) groups excluding carboxylic acids is 4. The van der Waals surface area contributed by atoms with E-state index >= 15 is 0 Å². The molecule has 0 unspecified atom stereocenters. The van der Waals surface area contributed by atoms with Crippen LogP contribution in [0.15, 0.2) is 72.8 Å².